The van der Waals surface area contributed by atoms with Crippen molar-refractivity contribution >= 4 is 26.0 Å². The summed E-state index contributed by atoms with van der Waals surface area (Å²) in [5.74, 6) is 1.69. The average molecular weight is 430 g/mol. The smallest absolute Gasteiger partial charge is 0.241 e. The lowest BCUT2D eigenvalue weighted by atomic mass is 10.1. The summed E-state index contributed by atoms with van der Waals surface area (Å²) in [6.45, 7) is 1.76. The minimum absolute atomic E-state index is 0.146. The van der Waals surface area contributed by atoms with E-state index in [1.807, 2.05) is 0 Å². The SMILES string of the molecule is COc1ccc(S(=O)(=O)N[C@H](C)c2ccc(OC)c(OC)c2)cc1Br. The predicted octanol–water partition coefficient (Wildman–Crippen LogP) is 3.51. The molecule has 25 heavy (non-hydrogen) atoms. The van der Waals surface area contributed by atoms with Gasteiger partial charge in [0.2, 0.25) is 10.0 Å². The Kier molecular flexibility index (Phi) is 6.31. The number of halogens is 1. The largest absolute Gasteiger partial charge is 0.496 e. The molecule has 1 N–H and O–H groups in total. The van der Waals surface area contributed by atoms with Gasteiger partial charge in [-0.3, -0.25) is 0 Å². The Hall–Kier alpha value is -1.77. The molecule has 8 heteroatoms. The summed E-state index contributed by atoms with van der Waals surface area (Å²) in [6.07, 6.45) is 0. The van der Waals surface area contributed by atoms with Crippen LogP contribution in [0, 0.1) is 0 Å². The minimum atomic E-state index is -3.70. The molecule has 2 rings (SSSR count). The van der Waals surface area contributed by atoms with E-state index >= 15 is 0 Å². The van der Waals surface area contributed by atoms with E-state index in [0.717, 1.165) is 5.56 Å². The Balaban J connectivity index is 2.26. The van der Waals surface area contributed by atoms with Crippen LogP contribution in [0.5, 0.6) is 17.2 Å². The van der Waals surface area contributed by atoms with E-state index < -0.39 is 16.1 Å². The number of benzene rings is 2. The first-order valence-corrected chi connectivity index (χ1v) is 9.67. The Morgan fingerprint density at radius 2 is 1.52 bits per heavy atom. The van der Waals surface area contributed by atoms with Crippen LogP contribution in [0.25, 0.3) is 0 Å². The zero-order chi connectivity index (χ0) is 18.6. The lowest BCUT2D eigenvalue weighted by molar-refractivity contribution is 0.354. The summed E-state index contributed by atoms with van der Waals surface area (Å²) in [5, 5.41) is 0. The first-order valence-electron chi connectivity index (χ1n) is 7.40. The van der Waals surface area contributed by atoms with Crippen LogP contribution in [0.2, 0.25) is 0 Å². The van der Waals surface area contributed by atoms with E-state index in [0.29, 0.717) is 21.7 Å². The highest BCUT2D eigenvalue weighted by Gasteiger charge is 2.20. The van der Waals surface area contributed by atoms with Crippen molar-refractivity contribution in [3.05, 3.63) is 46.4 Å². The molecule has 0 aromatic heterocycles. The van der Waals surface area contributed by atoms with Crippen molar-refractivity contribution in [2.45, 2.75) is 17.9 Å². The summed E-state index contributed by atoms with van der Waals surface area (Å²) in [6, 6.07) is 9.41. The van der Waals surface area contributed by atoms with E-state index in [4.69, 9.17) is 14.2 Å². The van der Waals surface area contributed by atoms with Crippen LogP contribution in [0.1, 0.15) is 18.5 Å². The monoisotopic (exact) mass is 429 g/mol. The summed E-state index contributed by atoms with van der Waals surface area (Å²) >= 11 is 3.30. The van der Waals surface area contributed by atoms with E-state index in [1.165, 1.54) is 26.4 Å². The number of hydrogen-bond donors (Lipinski definition) is 1. The number of rotatable bonds is 7. The van der Waals surface area contributed by atoms with Crippen LogP contribution in [-0.2, 0) is 10.0 Å². The number of nitrogens with one attached hydrogen (secondary N) is 1. The van der Waals surface area contributed by atoms with Gasteiger partial charge in [-0.25, -0.2) is 13.1 Å². The Morgan fingerprint density at radius 3 is 2.08 bits per heavy atom. The van der Waals surface area contributed by atoms with Crippen molar-refractivity contribution < 1.29 is 22.6 Å². The maximum Gasteiger partial charge on any atom is 0.241 e. The fourth-order valence-corrected chi connectivity index (χ4v) is 4.26. The Bertz CT molecular complexity index is 854. The maximum atomic E-state index is 12.6. The second-order valence-electron chi connectivity index (χ2n) is 5.25. The lowest BCUT2D eigenvalue weighted by Crippen LogP contribution is -2.27. The van der Waals surface area contributed by atoms with Crippen molar-refractivity contribution in [3.8, 4) is 17.2 Å². The minimum Gasteiger partial charge on any atom is -0.496 e. The number of ether oxygens (including phenoxy) is 3. The highest BCUT2D eigenvalue weighted by molar-refractivity contribution is 9.10. The van der Waals surface area contributed by atoms with Gasteiger partial charge in [0.05, 0.1) is 30.7 Å². The molecule has 2 aromatic rings. The Morgan fingerprint density at radius 1 is 0.920 bits per heavy atom. The third-order valence-electron chi connectivity index (χ3n) is 3.67. The molecule has 0 amide bonds. The normalized spacial score (nSPS) is 12.5. The van der Waals surface area contributed by atoms with Gasteiger partial charge < -0.3 is 14.2 Å². The van der Waals surface area contributed by atoms with Crippen molar-refractivity contribution in [1.29, 1.82) is 0 Å². The van der Waals surface area contributed by atoms with Crippen LogP contribution in [-0.4, -0.2) is 29.7 Å². The van der Waals surface area contributed by atoms with Gasteiger partial charge in [-0.2, -0.15) is 0 Å². The molecule has 0 saturated carbocycles. The van der Waals surface area contributed by atoms with Gasteiger partial charge in [0.25, 0.3) is 0 Å². The molecule has 0 unspecified atom stereocenters. The molecule has 2 aromatic carbocycles. The topological polar surface area (TPSA) is 73.9 Å². The van der Waals surface area contributed by atoms with Gasteiger partial charge >= 0.3 is 0 Å². The lowest BCUT2D eigenvalue weighted by Gasteiger charge is -2.17. The van der Waals surface area contributed by atoms with Gasteiger partial charge in [-0.1, -0.05) is 6.07 Å². The van der Waals surface area contributed by atoms with Gasteiger partial charge in [-0.15, -0.1) is 0 Å². The highest BCUT2D eigenvalue weighted by Crippen LogP contribution is 2.31. The van der Waals surface area contributed by atoms with E-state index in [9.17, 15) is 8.42 Å². The molecule has 0 spiro atoms. The molecule has 0 fully saturated rings. The van der Waals surface area contributed by atoms with Crippen LogP contribution in [0.3, 0.4) is 0 Å². The third-order valence-corrected chi connectivity index (χ3v) is 5.83. The van der Waals surface area contributed by atoms with Gasteiger partial charge in [0.15, 0.2) is 11.5 Å². The van der Waals surface area contributed by atoms with Gasteiger partial charge in [-0.05, 0) is 58.7 Å². The molecule has 0 aliphatic carbocycles. The molecule has 0 aliphatic heterocycles. The molecule has 6 nitrogen and oxygen atoms in total. The van der Waals surface area contributed by atoms with Crippen LogP contribution >= 0.6 is 15.9 Å². The average Bonchev–Trinajstić information content (AvgIpc) is 2.60. The molecule has 0 saturated heterocycles. The molecule has 1 atom stereocenters. The zero-order valence-electron chi connectivity index (χ0n) is 14.4. The fraction of sp³-hybridized carbons (Fsp3) is 0.294. The Labute approximate surface area is 156 Å². The number of methoxy groups -OCH3 is 3. The molecule has 0 bridgehead atoms. The third kappa shape index (κ3) is 4.45. The molecule has 0 heterocycles. The second kappa shape index (κ2) is 8.07. The number of sulfonamides is 1. The molecule has 136 valence electrons. The molecular formula is C17H20BrNO5S. The van der Waals surface area contributed by atoms with Crippen molar-refractivity contribution in [3.63, 3.8) is 0 Å². The predicted molar refractivity (Wildman–Crippen MR) is 99.0 cm³/mol. The van der Waals surface area contributed by atoms with Gasteiger partial charge in [0.1, 0.15) is 5.75 Å². The van der Waals surface area contributed by atoms with E-state index in [1.54, 1.807) is 38.3 Å². The quantitative estimate of drug-likeness (QED) is 0.728. The van der Waals surface area contributed by atoms with Crippen molar-refractivity contribution in [2.75, 3.05) is 21.3 Å². The van der Waals surface area contributed by atoms with Crippen molar-refractivity contribution in [2.24, 2.45) is 0 Å². The summed E-state index contributed by atoms with van der Waals surface area (Å²) < 4.78 is 44.0. The second-order valence-corrected chi connectivity index (χ2v) is 7.82. The molecule has 0 radical (unpaired) electrons. The van der Waals surface area contributed by atoms with Crippen molar-refractivity contribution in [1.82, 2.24) is 4.72 Å². The van der Waals surface area contributed by atoms with Crippen LogP contribution in [0.4, 0.5) is 0 Å². The van der Waals surface area contributed by atoms with Gasteiger partial charge in [0, 0.05) is 6.04 Å². The van der Waals surface area contributed by atoms with Crippen LogP contribution in [0.15, 0.2) is 45.8 Å². The van der Waals surface area contributed by atoms with E-state index in [2.05, 4.69) is 20.7 Å². The van der Waals surface area contributed by atoms with E-state index in [-0.39, 0.29) is 4.90 Å². The van der Waals surface area contributed by atoms with Crippen LogP contribution < -0.4 is 18.9 Å². The standard InChI is InChI=1S/C17H20BrNO5S/c1-11(12-5-7-16(23-3)17(9-12)24-4)19-25(20,21)13-6-8-15(22-2)14(18)10-13/h5-11,19H,1-4H3/t11-/m1/s1. The number of hydrogen-bond acceptors (Lipinski definition) is 5. The molecule has 0 aliphatic rings. The fourth-order valence-electron chi connectivity index (χ4n) is 2.31. The zero-order valence-corrected chi connectivity index (χ0v) is 16.8. The maximum absolute atomic E-state index is 12.6. The summed E-state index contributed by atoms with van der Waals surface area (Å²) in [5.41, 5.74) is 0.758. The molecular weight excluding hydrogens is 410 g/mol. The summed E-state index contributed by atoms with van der Waals surface area (Å²) in [7, 11) is 0.901. The summed E-state index contributed by atoms with van der Waals surface area (Å²) in [4.78, 5) is 0.146. The first-order chi connectivity index (χ1) is 11.8. The highest BCUT2D eigenvalue weighted by atomic mass is 79.9. The first kappa shape index (κ1) is 19.6.